The van der Waals surface area contributed by atoms with Crippen molar-refractivity contribution in [3.8, 4) is 0 Å². The van der Waals surface area contributed by atoms with Crippen molar-refractivity contribution >= 4 is 39.7 Å². The third-order valence-electron chi connectivity index (χ3n) is 4.94. The molecule has 0 amide bonds. The highest BCUT2D eigenvalue weighted by molar-refractivity contribution is 6.42. The molecule has 26 heavy (non-hydrogen) atoms. The number of nitrogens with one attached hydrogen (secondary N) is 1. The van der Waals surface area contributed by atoms with Crippen LogP contribution < -0.4 is 5.32 Å². The molecular formula is C21H21Cl2N3. The van der Waals surface area contributed by atoms with Crippen LogP contribution in [0.15, 0.2) is 54.9 Å². The Bertz CT molecular complexity index is 907. The summed E-state index contributed by atoms with van der Waals surface area (Å²) in [7, 11) is 0. The van der Waals surface area contributed by atoms with Gasteiger partial charge in [-0.25, -0.2) is 0 Å². The Hall–Kier alpha value is -1.81. The van der Waals surface area contributed by atoms with Crippen LogP contribution in [0.2, 0.25) is 10.0 Å². The molecule has 1 atom stereocenters. The van der Waals surface area contributed by atoms with E-state index < -0.39 is 0 Å². The van der Waals surface area contributed by atoms with Gasteiger partial charge in [0.05, 0.1) is 10.0 Å². The third-order valence-corrected chi connectivity index (χ3v) is 5.68. The number of hydrogen-bond acceptors (Lipinski definition) is 3. The third kappa shape index (κ3) is 3.96. The zero-order valence-corrected chi connectivity index (χ0v) is 16.0. The van der Waals surface area contributed by atoms with E-state index in [1.54, 1.807) is 0 Å². The largest absolute Gasteiger partial charge is 0.381 e. The predicted octanol–water partition coefficient (Wildman–Crippen LogP) is 5.62. The monoisotopic (exact) mass is 385 g/mol. The zero-order valence-electron chi connectivity index (χ0n) is 14.5. The first-order valence-corrected chi connectivity index (χ1v) is 9.70. The lowest BCUT2D eigenvalue weighted by Gasteiger charge is -2.34. The standard InChI is InChI=1S/C21H21Cl2N3/c22-19-7-6-15(11-20(19)23)13-26-10-2-4-17(14-26)25-21-5-1-3-16-12-24-9-8-18(16)21/h1,3,5-9,11-12,17,25H,2,4,10,13-14H2. The van der Waals surface area contributed by atoms with Crippen molar-refractivity contribution < 1.29 is 0 Å². The molecule has 2 aromatic carbocycles. The SMILES string of the molecule is Clc1ccc(CN2CCCC(Nc3cccc4cnccc34)C2)cc1Cl. The minimum absolute atomic E-state index is 0.435. The van der Waals surface area contributed by atoms with Crippen molar-refractivity contribution in [3.63, 3.8) is 0 Å². The Kier molecular flexibility index (Phi) is 5.30. The van der Waals surface area contributed by atoms with Gasteiger partial charge in [-0.2, -0.15) is 0 Å². The first-order valence-electron chi connectivity index (χ1n) is 8.94. The van der Waals surface area contributed by atoms with Gasteiger partial charge < -0.3 is 5.32 Å². The van der Waals surface area contributed by atoms with Crippen LogP contribution in [0.3, 0.4) is 0 Å². The van der Waals surface area contributed by atoms with Crippen molar-refractivity contribution in [1.29, 1.82) is 0 Å². The van der Waals surface area contributed by atoms with Crippen LogP contribution >= 0.6 is 23.2 Å². The summed E-state index contributed by atoms with van der Waals surface area (Å²) in [6.07, 6.45) is 6.13. The Morgan fingerprint density at radius 3 is 2.92 bits per heavy atom. The Morgan fingerprint density at radius 2 is 2.04 bits per heavy atom. The van der Waals surface area contributed by atoms with Crippen LogP contribution in [0.1, 0.15) is 18.4 Å². The first-order chi connectivity index (χ1) is 12.7. The lowest BCUT2D eigenvalue weighted by Crippen LogP contribution is -2.41. The van der Waals surface area contributed by atoms with E-state index in [4.69, 9.17) is 23.2 Å². The quantitative estimate of drug-likeness (QED) is 0.631. The van der Waals surface area contributed by atoms with Crippen LogP contribution in [-0.4, -0.2) is 29.0 Å². The van der Waals surface area contributed by atoms with Crippen molar-refractivity contribution in [2.75, 3.05) is 18.4 Å². The van der Waals surface area contributed by atoms with E-state index in [2.05, 4.69) is 45.5 Å². The van der Waals surface area contributed by atoms with Crippen molar-refractivity contribution in [1.82, 2.24) is 9.88 Å². The van der Waals surface area contributed by atoms with E-state index in [9.17, 15) is 0 Å². The summed E-state index contributed by atoms with van der Waals surface area (Å²) in [4.78, 5) is 6.70. The summed E-state index contributed by atoms with van der Waals surface area (Å²) in [6.45, 7) is 3.02. The topological polar surface area (TPSA) is 28.2 Å². The highest BCUT2D eigenvalue weighted by atomic mass is 35.5. The molecule has 5 heteroatoms. The molecule has 2 heterocycles. The number of rotatable bonds is 4. The van der Waals surface area contributed by atoms with Gasteiger partial charge in [0, 0.05) is 48.0 Å². The lowest BCUT2D eigenvalue weighted by molar-refractivity contribution is 0.208. The number of pyridine rings is 1. The molecule has 0 saturated carbocycles. The fourth-order valence-corrected chi connectivity index (χ4v) is 4.00. The fraction of sp³-hybridized carbons (Fsp3) is 0.286. The molecule has 1 aliphatic heterocycles. The summed E-state index contributed by atoms with van der Waals surface area (Å²) < 4.78 is 0. The summed E-state index contributed by atoms with van der Waals surface area (Å²) in [6, 6.07) is 14.8. The average molecular weight is 386 g/mol. The summed E-state index contributed by atoms with van der Waals surface area (Å²) in [5.74, 6) is 0. The molecule has 1 aliphatic rings. The van der Waals surface area contributed by atoms with Gasteiger partial charge in [-0.3, -0.25) is 9.88 Å². The highest BCUT2D eigenvalue weighted by Crippen LogP contribution is 2.26. The van der Waals surface area contributed by atoms with Crippen molar-refractivity contribution in [3.05, 3.63) is 70.5 Å². The number of halogens is 2. The van der Waals surface area contributed by atoms with Crippen LogP contribution in [-0.2, 0) is 6.54 Å². The van der Waals surface area contributed by atoms with Gasteiger partial charge in [0.15, 0.2) is 0 Å². The van der Waals surface area contributed by atoms with E-state index in [1.165, 1.54) is 34.9 Å². The maximum atomic E-state index is 6.16. The molecule has 0 aliphatic carbocycles. The molecule has 0 bridgehead atoms. The molecule has 134 valence electrons. The minimum atomic E-state index is 0.435. The maximum absolute atomic E-state index is 6.16. The summed E-state index contributed by atoms with van der Waals surface area (Å²) in [5.41, 5.74) is 2.39. The number of hydrogen-bond donors (Lipinski definition) is 1. The molecule has 1 unspecified atom stereocenters. The molecule has 3 nitrogen and oxygen atoms in total. The average Bonchev–Trinajstić information content (AvgIpc) is 2.65. The van der Waals surface area contributed by atoms with Gasteiger partial charge in [-0.05, 0) is 49.2 Å². The smallest absolute Gasteiger partial charge is 0.0595 e. The van der Waals surface area contributed by atoms with Crippen molar-refractivity contribution in [2.24, 2.45) is 0 Å². The van der Waals surface area contributed by atoms with Crippen molar-refractivity contribution in [2.45, 2.75) is 25.4 Å². The molecule has 0 spiro atoms. The van der Waals surface area contributed by atoms with E-state index in [-0.39, 0.29) is 0 Å². The minimum Gasteiger partial charge on any atom is -0.381 e. The molecule has 4 rings (SSSR count). The predicted molar refractivity (Wildman–Crippen MR) is 110 cm³/mol. The molecular weight excluding hydrogens is 365 g/mol. The van der Waals surface area contributed by atoms with Gasteiger partial charge in [-0.1, -0.05) is 41.4 Å². The van der Waals surface area contributed by atoms with E-state index >= 15 is 0 Å². The Morgan fingerprint density at radius 1 is 1.12 bits per heavy atom. The van der Waals surface area contributed by atoms with Gasteiger partial charge in [0.25, 0.3) is 0 Å². The second kappa shape index (κ2) is 7.83. The van der Waals surface area contributed by atoms with Crippen LogP contribution in [0.5, 0.6) is 0 Å². The number of nitrogens with zero attached hydrogens (tertiary/aromatic N) is 2. The van der Waals surface area contributed by atoms with Crippen LogP contribution in [0.25, 0.3) is 10.8 Å². The normalized spacial score (nSPS) is 18.2. The molecule has 3 aromatic rings. The number of benzene rings is 2. The van der Waals surface area contributed by atoms with E-state index in [1.807, 2.05) is 24.5 Å². The second-order valence-electron chi connectivity index (χ2n) is 6.87. The van der Waals surface area contributed by atoms with Crippen LogP contribution in [0, 0.1) is 0 Å². The molecule has 1 N–H and O–H groups in total. The highest BCUT2D eigenvalue weighted by Gasteiger charge is 2.20. The Labute approximate surface area is 163 Å². The van der Waals surface area contributed by atoms with E-state index in [0.717, 1.165) is 19.6 Å². The maximum Gasteiger partial charge on any atom is 0.0595 e. The molecule has 1 saturated heterocycles. The second-order valence-corrected chi connectivity index (χ2v) is 7.68. The van der Waals surface area contributed by atoms with Gasteiger partial charge in [0.2, 0.25) is 0 Å². The zero-order chi connectivity index (χ0) is 17.9. The number of likely N-dealkylation sites (tertiary alicyclic amines) is 1. The van der Waals surface area contributed by atoms with Gasteiger partial charge in [-0.15, -0.1) is 0 Å². The van der Waals surface area contributed by atoms with E-state index in [0.29, 0.717) is 16.1 Å². The lowest BCUT2D eigenvalue weighted by atomic mass is 10.0. The number of fused-ring (bicyclic) bond motifs is 1. The van der Waals surface area contributed by atoms with Gasteiger partial charge in [0.1, 0.15) is 0 Å². The number of anilines is 1. The Balaban J connectivity index is 1.45. The molecule has 0 radical (unpaired) electrons. The molecule has 1 fully saturated rings. The summed E-state index contributed by atoms with van der Waals surface area (Å²) in [5, 5.41) is 7.37. The molecule has 1 aromatic heterocycles. The fourth-order valence-electron chi connectivity index (χ4n) is 3.68. The van der Waals surface area contributed by atoms with Gasteiger partial charge >= 0.3 is 0 Å². The first kappa shape index (κ1) is 17.6. The summed E-state index contributed by atoms with van der Waals surface area (Å²) >= 11 is 12.2. The van der Waals surface area contributed by atoms with Crippen LogP contribution in [0.4, 0.5) is 5.69 Å². The number of aromatic nitrogens is 1. The number of piperidine rings is 1.